The van der Waals surface area contributed by atoms with Crippen LogP contribution in [0.2, 0.25) is 0 Å². The highest BCUT2D eigenvalue weighted by Gasteiger charge is 2.23. The molecule has 1 amide bonds. The lowest BCUT2D eigenvalue weighted by Gasteiger charge is -2.33. The summed E-state index contributed by atoms with van der Waals surface area (Å²) < 4.78 is 5.11. The van der Waals surface area contributed by atoms with Gasteiger partial charge in [0.2, 0.25) is 0 Å². The average molecular weight is 290 g/mol. The number of rotatable bonds is 5. The largest absolute Gasteiger partial charge is 0.383 e. The maximum absolute atomic E-state index is 12.5. The van der Waals surface area contributed by atoms with Crippen LogP contribution in [0, 0.1) is 0 Å². The predicted octanol–water partition coefficient (Wildman–Crippen LogP) is 3.15. The van der Waals surface area contributed by atoms with E-state index in [4.69, 9.17) is 4.74 Å². The van der Waals surface area contributed by atoms with Gasteiger partial charge >= 0.3 is 0 Å². The number of hydrogen-bond donors (Lipinski definition) is 1. The highest BCUT2D eigenvalue weighted by molar-refractivity contribution is 5.94. The molecule has 2 rings (SSSR count). The van der Waals surface area contributed by atoms with Gasteiger partial charge in [0.25, 0.3) is 5.91 Å². The van der Waals surface area contributed by atoms with E-state index in [2.05, 4.69) is 19.2 Å². The van der Waals surface area contributed by atoms with Gasteiger partial charge in [-0.15, -0.1) is 0 Å². The summed E-state index contributed by atoms with van der Waals surface area (Å²) in [5, 5.41) is 3.35. The molecule has 2 atom stereocenters. The summed E-state index contributed by atoms with van der Waals surface area (Å²) in [6.07, 6.45) is 3.45. The Balaban J connectivity index is 1.99. The van der Waals surface area contributed by atoms with Gasteiger partial charge in [0, 0.05) is 37.0 Å². The van der Waals surface area contributed by atoms with Crippen molar-refractivity contribution in [1.82, 2.24) is 4.90 Å². The summed E-state index contributed by atoms with van der Waals surface area (Å²) in [6.45, 7) is 5.74. The van der Waals surface area contributed by atoms with E-state index in [1.807, 2.05) is 29.2 Å². The summed E-state index contributed by atoms with van der Waals surface area (Å²) in [7, 11) is 1.69. The fraction of sp³-hybridized carbons (Fsp3) is 0.588. The van der Waals surface area contributed by atoms with E-state index in [-0.39, 0.29) is 11.9 Å². The van der Waals surface area contributed by atoms with Crippen molar-refractivity contribution in [2.24, 2.45) is 0 Å². The molecular formula is C17H26N2O2. The molecule has 1 N–H and O–H groups in total. The van der Waals surface area contributed by atoms with Crippen molar-refractivity contribution in [3.8, 4) is 0 Å². The van der Waals surface area contributed by atoms with Gasteiger partial charge in [-0.05, 0) is 57.4 Å². The van der Waals surface area contributed by atoms with Crippen LogP contribution in [-0.2, 0) is 4.74 Å². The highest BCUT2D eigenvalue weighted by Crippen LogP contribution is 2.20. The first-order chi connectivity index (χ1) is 10.1. The molecule has 116 valence electrons. The Bertz CT molecular complexity index is 458. The molecule has 1 heterocycles. The van der Waals surface area contributed by atoms with Gasteiger partial charge in [-0.1, -0.05) is 0 Å². The van der Waals surface area contributed by atoms with Gasteiger partial charge < -0.3 is 15.0 Å². The van der Waals surface area contributed by atoms with Crippen LogP contribution in [0.4, 0.5) is 5.69 Å². The summed E-state index contributed by atoms with van der Waals surface area (Å²) in [5.74, 6) is 0.152. The molecule has 1 aromatic rings. The Kier molecular flexibility index (Phi) is 5.62. The molecule has 1 fully saturated rings. The van der Waals surface area contributed by atoms with Crippen LogP contribution in [-0.4, -0.2) is 43.2 Å². The van der Waals surface area contributed by atoms with Crippen molar-refractivity contribution in [2.75, 3.05) is 25.6 Å². The van der Waals surface area contributed by atoms with Crippen molar-refractivity contribution in [1.29, 1.82) is 0 Å². The molecule has 4 nitrogen and oxygen atoms in total. The quantitative estimate of drug-likeness (QED) is 0.905. The molecule has 0 aliphatic carbocycles. The number of hydrogen-bond acceptors (Lipinski definition) is 3. The second kappa shape index (κ2) is 7.46. The van der Waals surface area contributed by atoms with Gasteiger partial charge in [-0.3, -0.25) is 4.79 Å². The first-order valence-electron chi connectivity index (χ1n) is 7.78. The third-order valence-corrected chi connectivity index (χ3v) is 4.03. The first kappa shape index (κ1) is 15.8. The van der Waals surface area contributed by atoms with Gasteiger partial charge in [0.05, 0.1) is 6.61 Å². The van der Waals surface area contributed by atoms with Crippen molar-refractivity contribution in [2.45, 2.75) is 45.2 Å². The Hall–Kier alpha value is -1.55. The number of methoxy groups -OCH3 is 1. The highest BCUT2D eigenvalue weighted by atomic mass is 16.5. The van der Waals surface area contributed by atoms with Crippen molar-refractivity contribution < 1.29 is 9.53 Å². The van der Waals surface area contributed by atoms with Crippen molar-refractivity contribution in [3.05, 3.63) is 29.8 Å². The summed E-state index contributed by atoms with van der Waals surface area (Å²) >= 11 is 0. The second-order valence-corrected chi connectivity index (χ2v) is 5.92. The SMILES string of the molecule is COCC(C)Nc1ccc(C(=O)N2CCCCC2C)cc1. The van der Waals surface area contributed by atoms with Crippen molar-refractivity contribution >= 4 is 11.6 Å². The van der Waals surface area contributed by atoms with Crippen LogP contribution in [0.25, 0.3) is 0 Å². The van der Waals surface area contributed by atoms with E-state index in [1.54, 1.807) is 7.11 Å². The second-order valence-electron chi connectivity index (χ2n) is 5.92. The Morgan fingerprint density at radius 2 is 2.10 bits per heavy atom. The predicted molar refractivity (Wildman–Crippen MR) is 85.8 cm³/mol. The number of nitrogens with one attached hydrogen (secondary N) is 1. The number of benzene rings is 1. The van der Waals surface area contributed by atoms with E-state index in [0.717, 1.165) is 30.6 Å². The van der Waals surface area contributed by atoms with Crippen LogP contribution in [0.5, 0.6) is 0 Å². The molecule has 1 saturated heterocycles. The van der Waals surface area contributed by atoms with Crippen molar-refractivity contribution in [3.63, 3.8) is 0 Å². The molecule has 0 aromatic heterocycles. The minimum Gasteiger partial charge on any atom is -0.383 e. The number of piperidine rings is 1. The molecule has 21 heavy (non-hydrogen) atoms. The maximum atomic E-state index is 12.5. The lowest BCUT2D eigenvalue weighted by atomic mass is 10.0. The van der Waals surface area contributed by atoms with Crippen LogP contribution in [0.3, 0.4) is 0 Å². The van der Waals surface area contributed by atoms with Crippen LogP contribution < -0.4 is 5.32 Å². The first-order valence-corrected chi connectivity index (χ1v) is 7.78. The van der Waals surface area contributed by atoms with Crippen LogP contribution in [0.1, 0.15) is 43.5 Å². The number of anilines is 1. The number of nitrogens with zero attached hydrogens (tertiary/aromatic N) is 1. The molecular weight excluding hydrogens is 264 g/mol. The van der Waals surface area contributed by atoms with E-state index >= 15 is 0 Å². The number of ether oxygens (including phenoxy) is 1. The van der Waals surface area contributed by atoms with E-state index in [9.17, 15) is 4.79 Å². The van der Waals surface area contributed by atoms with Crippen LogP contribution in [0.15, 0.2) is 24.3 Å². The molecule has 2 unspecified atom stereocenters. The Morgan fingerprint density at radius 1 is 1.38 bits per heavy atom. The molecule has 1 aliphatic heterocycles. The molecule has 0 saturated carbocycles. The van der Waals surface area contributed by atoms with E-state index in [1.165, 1.54) is 6.42 Å². The van der Waals surface area contributed by atoms with E-state index < -0.39 is 0 Å². The minimum atomic E-state index is 0.152. The fourth-order valence-electron chi connectivity index (χ4n) is 2.85. The minimum absolute atomic E-state index is 0.152. The third-order valence-electron chi connectivity index (χ3n) is 4.03. The fourth-order valence-corrected chi connectivity index (χ4v) is 2.85. The van der Waals surface area contributed by atoms with Crippen LogP contribution >= 0.6 is 0 Å². The zero-order chi connectivity index (χ0) is 15.2. The normalized spacial score (nSPS) is 20.1. The molecule has 4 heteroatoms. The lowest BCUT2D eigenvalue weighted by Crippen LogP contribution is -2.42. The lowest BCUT2D eigenvalue weighted by molar-refractivity contribution is 0.0635. The number of carbonyl (C=O) groups is 1. The Morgan fingerprint density at radius 3 is 2.71 bits per heavy atom. The molecule has 1 aromatic carbocycles. The monoisotopic (exact) mass is 290 g/mol. The summed E-state index contributed by atoms with van der Waals surface area (Å²) in [4.78, 5) is 14.5. The molecule has 0 radical (unpaired) electrons. The smallest absolute Gasteiger partial charge is 0.254 e. The number of likely N-dealkylation sites (tertiary alicyclic amines) is 1. The zero-order valence-corrected chi connectivity index (χ0v) is 13.3. The Labute approximate surface area is 127 Å². The van der Waals surface area contributed by atoms with Gasteiger partial charge in [0.15, 0.2) is 0 Å². The number of carbonyl (C=O) groups excluding carboxylic acids is 1. The average Bonchev–Trinajstić information content (AvgIpc) is 2.48. The van der Waals surface area contributed by atoms with Gasteiger partial charge in [0.1, 0.15) is 0 Å². The van der Waals surface area contributed by atoms with E-state index in [0.29, 0.717) is 12.6 Å². The third kappa shape index (κ3) is 4.21. The maximum Gasteiger partial charge on any atom is 0.254 e. The zero-order valence-electron chi connectivity index (χ0n) is 13.3. The topological polar surface area (TPSA) is 41.6 Å². The molecule has 1 aliphatic rings. The van der Waals surface area contributed by atoms with Gasteiger partial charge in [-0.2, -0.15) is 0 Å². The molecule has 0 bridgehead atoms. The summed E-state index contributed by atoms with van der Waals surface area (Å²) in [5.41, 5.74) is 1.79. The molecule has 0 spiro atoms. The van der Waals surface area contributed by atoms with Gasteiger partial charge in [-0.25, -0.2) is 0 Å². The number of amides is 1. The standard InChI is InChI=1S/C17H26N2O2/c1-13(12-21-3)18-16-9-7-15(8-10-16)17(20)19-11-5-4-6-14(19)2/h7-10,13-14,18H,4-6,11-12H2,1-3H3. The summed E-state index contributed by atoms with van der Waals surface area (Å²) in [6, 6.07) is 8.35.